The molecule has 0 radical (unpaired) electrons. The summed E-state index contributed by atoms with van der Waals surface area (Å²) in [5.41, 5.74) is 1.83. The van der Waals surface area contributed by atoms with Crippen molar-refractivity contribution in [3.05, 3.63) is 52.7 Å². The lowest BCUT2D eigenvalue weighted by molar-refractivity contribution is 0.0713. The summed E-state index contributed by atoms with van der Waals surface area (Å²) in [4.78, 5) is 22.3. The predicted octanol–water partition coefficient (Wildman–Crippen LogP) is 4.38. The molecule has 0 aliphatic carbocycles. The Morgan fingerprint density at radius 3 is 2.79 bits per heavy atom. The zero-order chi connectivity index (χ0) is 20.5. The molecule has 3 heterocycles. The van der Waals surface area contributed by atoms with Gasteiger partial charge in [-0.25, -0.2) is 4.98 Å². The van der Waals surface area contributed by atoms with E-state index in [4.69, 9.17) is 9.15 Å². The minimum absolute atomic E-state index is 0.0416. The summed E-state index contributed by atoms with van der Waals surface area (Å²) in [5.74, 6) is 2.35. The van der Waals surface area contributed by atoms with E-state index in [2.05, 4.69) is 22.9 Å². The third-order valence-corrected chi connectivity index (χ3v) is 6.23. The van der Waals surface area contributed by atoms with Gasteiger partial charge >= 0.3 is 0 Å². The average Bonchev–Trinajstić information content (AvgIpc) is 3.32. The molecule has 1 aliphatic heterocycles. The molecule has 0 bridgehead atoms. The van der Waals surface area contributed by atoms with E-state index in [0.717, 1.165) is 41.0 Å². The van der Waals surface area contributed by atoms with Crippen LogP contribution in [-0.2, 0) is 0 Å². The number of fused-ring (bicyclic) bond motifs is 1. The number of furan rings is 1. The smallest absolute Gasteiger partial charge is 0.265 e. The summed E-state index contributed by atoms with van der Waals surface area (Å²) in [6, 6.07) is 11.8. The molecular weight excluding hydrogens is 386 g/mol. The topological polar surface area (TPSA) is 58.8 Å². The second-order valence-corrected chi connectivity index (χ2v) is 8.27. The van der Waals surface area contributed by atoms with Crippen molar-refractivity contribution in [3.8, 4) is 16.5 Å². The Bertz CT molecular complexity index is 1030. The van der Waals surface area contributed by atoms with Crippen molar-refractivity contribution in [2.75, 3.05) is 31.6 Å². The largest absolute Gasteiger partial charge is 0.485 e. The number of para-hydroxylation sites is 2. The first-order valence-electron chi connectivity index (χ1n) is 9.76. The summed E-state index contributed by atoms with van der Waals surface area (Å²) in [6.07, 6.45) is -0.0841. The number of carbonyl (C=O) groups excluding carboxylic acids is 1. The summed E-state index contributed by atoms with van der Waals surface area (Å²) in [5, 5.41) is 0.729. The first kappa shape index (κ1) is 19.5. The van der Waals surface area contributed by atoms with E-state index >= 15 is 0 Å². The second-order valence-electron chi connectivity index (χ2n) is 7.28. The third kappa shape index (κ3) is 3.87. The van der Waals surface area contributed by atoms with Crippen molar-refractivity contribution >= 4 is 22.9 Å². The van der Waals surface area contributed by atoms with Gasteiger partial charge in [0.25, 0.3) is 5.91 Å². The van der Waals surface area contributed by atoms with Gasteiger partial charge in [0, 0.05) is 13.6 Å². The van der Waals surface area contributed by atoms with Gasteiger partial charge in [0.2, 0.25) is 0 Å². The fraction of sp³-hybridized carbons (Fsp3) is 0.364. The maximum atomic E-state index is 13.1. The number of anilines is 1. The maximum absolute atomic E-state index is 13.1. The van der Waals surface area contributed by atoms with Crippen molar-refractivity contribution in [3.63, 3.8) is 0 Å². The molecular formula is C22H25N3O3S. The van der Waals surface area contributed by atoms with Gasteiger partial charge in [-0.05, 0) is 45.0 Å². The first-order valence-corrected chi connectivity index (χ1v) is 10.6. The zero-order valence-electron chi connectivity index (χ0n) is 17.1. The molecule has 1 amide bonds. The van der Waals surface area contributed by atoms with Crippen LogP contribution in [0.5, 0.6) is 5.75 Å². The van der Waals surface area contributed by atoms with Gasteiger partial charge in [0.15, 0.2) is 10.8 Å². The zero-order valence-corrected chi connectivity index (χ0v) is 18.0. The van der Waals surface area contributed by atoms with Crippen LogP contribution in [0, 0.1) is 13.8 Å². The van der Waals surface area contributed by atoms with Crippen molar-refractivity contribution in [1.29, 1.82) is 0 Å². The number of aryl methyl sites for hydroxylation is 2. The molecule has 6 nitrogen and oxygen atoms in total. The van der Waals surface area contributed by atoms with E-state index in [0.29, 0.717) is 17.2 Å². The van der Waals surface area contributed by atoms with Crippen LogP contribution in [0.3, 0.4) is 0 Å². The minimum atomic E-state index is -0.0841. The highest BCUT2D eigenvalue weighted by Gasteiger charge is 2.28. The van der Waals surface area contributed by atoms with Crippen LogP contribution in [0.4, 0.5) is 5.69 Å². The summed E-state index contributed by atoms with van der Waals surface area (Å²) >= 11 is 1.37. The van der Waals surface area contributed by atoms with Crippen molar-refractivity contribution in [2.24, 2.45) is 0 Å². The second kappa shape index (κ2) is 7.91. The van der Waals surface area contributed by atoms with Crippen LogP contribution in [0.25, 0.3) is 10.8 Å². The number of ether oxygens (including phenoxy) is 1. The lowest BCUT2D eigenvalue weighted by Crippen LogP contribution is -2.46. The molecule has 0 N–H and O–H groups in total. The van der Waals surface area contributed by atoms with E-state index in [9.17, 15) is 4.79 Å². The minimum Gasteiger partial charge on any atom is -0.485 e. The molecule has 1 aromatic carbocycles. The molecule has 4 rings (SSSR count). The van der Waals surface area contributed by atoms with Crippen LogP contribution in [0.1, 0.15) is 28.0 Å². The number of benzene rings is 1. The average molecular weight is 412 g/mol. The number of hydrogen-bond donors (Lipinski definition) is 0. The maximum Gasteiger partial charge on any atom is 0.265 e. The Kier molecular flexibility index (Phi) is 5.32. The monoisotopic (exact) mass is 411 g/mol. The SMILES string of the molecule is CCN1C[C@H](CN(C)C(=O)c2sc(-c3ccc(C)o3)nc2C)Oc2ccccc21. The Morgan fingerprint density at radius 1 is 1.28 bits per heavy atom. The summed E-state index contributed by atoms with van der Waals surface area (Å²) in [6.45, 7) is 8.05. The van der Waals surface area contributed by atoms with Gasteiger partial charge in [-0.1, -0.05) is 12.1 Å². The number of likely N-dealkylation sites (N-methyl/N-ethyl adjacent to an activating group) is 2. The van der Waals surface area contributed by atoms with Gasteiger partial charge < -0.3 is 19.0 Å². The highest BCUT2D eigenvalue weighted by Crippen LogP contribution is 2.33. The van der Waals surface area contributed by atoms with Gasteiger partial charge in [-0.15, -0.1) is 11.3 Å². The molecule has 0 spiro atoms. The molecule has 0 saturated carbocycles. The molecule has 0 unspecified atom stereocenters. The number of thiazole rings is 1. The molecule has 29 heavy (non-hydrogen) atoms. The molecule has 0 saturated heterocycles. The number of amides is 1. The number of nitrogens with zero attached hydrogens (tertiary/aromatic N) is 3. The lowest BCUT2D eigenvalue weighted by Gasteiger charge is -2.37. The van der Waals surface area contributed by atoms with Crippen molar-refractivity contribution < 1.29 is 13.9 Å². The number of carbonyl (C=O) groups is 1. The molecule has 152 valence electrons. The number of hydrogen-bond acceptors (Lipinski definition) is 6. The van der Waals surface area contributed by atoms with Gasteiger partial charge in [-0.3, -0.25) is 4.79 Å². The normalized spacial score (nSPS) is 15.7. The standard InChI is InChI=1S/C22H25N3O3S/c1-5-25-13-16(28-18-9-7-6-8-17(18)25)12-24(4)22(26)20-15(3)23-21(29-20)19-11-10-14(2)27-19/h6-11,16H,5,12-13H2,1-4H3/t16-/m0/s1. The Morgan fingerprint density at radius 2 is 2.07 bits per heavy atom. The van der Waals surface area contributed by atoms with E-state index in [1.807, 2.05) is 51.2 Å². The van der Waals surface area contributed by atoms with E-state index in [1.165, 1.54) is 11.3 Å². The van der Waals surface area contributed by atoms with E-state index < -0.39 is 0 Å². The first-order chi connectivity index (χ1) is 14.0. The molecule has 1 aliphatic rings. The molecule has 1 atom stereocenters. The lowest BCUT2D eigenvalue weighted by atomic mass is 10.2. The molecule has 2 aromatic heterocycles. The van der Waals surface area contributed by atoms with E-state index in [-0.39, 0.29) is 12.0 Å². The van der Waals surface area contributed by atoms with Crippen molar-refractivity contribution in [1.82, 2.24) is 9.88 Å². The highest BCUT2D eigenvalue weighted by atomic mass is 32.1. The van der Waals surface area contributed by atoms with Gasteiger partial charge in [0.05, 0.1) is 24.5 Å². The Hall–Kier alpha value is -2.80. The highest BCUT2D eigenvalue weighted by molar-refractivity contribution is 7.17. The molecule has 3 aromatic rings. The van der Waals surface area contributed by atoms with Gasteiger partial charge in [-0.2, -0.15) is 0 Å². The summed E-state index contributed by atoms with van der Waals surface area (Å²) < 4.78 is 11.8. The predicted molar refractivity (Wildman–Crippen MR) is 115 cm³/mol. The fourth-order valence-corrected chi connectivity index (χ4v) is 4.61. The third-order valence-electron chi connectivity index (χ3n) is 5.07. The Labute approximate surface area is 174 Å². The quantitative estimate of drug-likeness (QED) is 0.624. The molecule has 7 heteroatoms. The molecule has 0 fully saturated rings. The van der Waals surface area contributed by atoms with Crippen LogP contribution in [-0.4, -0.2) is 48.6 Å². The van der Waals surface area contributed by atoms with Crippen LogP contribution in [0.2, 0.25) is 0 Å². The van der Waals surface area contributed by atoms with Crippen LogP contribution >= 0.6 is 11.3 Å². The number of aromatic nitrogens is 1. The number of rotatable bonds is 5. The van der Waals surface area contributed by atoms with Gasteiger partial charge in [0.1, 0.15) is 22.5 Å². The Balaban J connectivity index is 1.48. The van der Waals surface area contributed by atoms with Crippen LogP contribution < -0.4 is 9.64 Å². The summed E-state index contributed by atoms with van der Waals surface area (Å²) in [7, 11) is 1.82. The van der Waals surface area contributed by atoms with E-state index in [1.54, 1.807) is 4.90 Å². The van der Waals surface area contributed by atoms with Crippen LogP contribution in [0.15, 0.2) is 40.8 Å². The fourth-order valence-electron chi connectivity index (χ4n) is 3.58. The van der Waals surface area contributed by atoms with Crippen molar-refractivity contribution in [2.45, 2.75) is 26.9 Å².